The molecule has 1 fully saturated rings. The van der Waals surface area contributed by atoms with Crippen molar-refractivity contribution in [3.05, 3.63) is 24.3 Å². The van der Waals surface area contributed by atoms with Gasteiger partial charge in [-0.25, -0.2) is 4.79 Å². The number of carbonyl (C=O) groups is 1. The molecule has 1 aromatic rings. The molecule has 1 aliphatic carbocycles. The highest BCUT2D eigenvalue weighted by atomic mass is 35.5. The van der Waals surface area contributed by atoms with Gasteiger partial charge in [-0.05, 0) is 37.8 Å². The average Bonchev–Trinajstić information content (AvgIpc) is 2.55. The van der Waals surface area contributed by atoms with E-state index in [0.717, 1.165) is 32.2 Å². The SMILES string of the molecule is CCCOc1ccccc1NC(=O)O[C@@H]1CCCC[C@H]1C[NH+](C)C.[Cl-]. The molecule has 0 unspecified atom stereocenters. The number of nitrogens with one attached hydrogen (secondary N) is 2. The lowest BCUT2D eigenvalue weighted by molar-refractivity contribution is -0.862. The van der Waals surface area contributed by atoms with Gasteiger partial charge in [-0.3, -0.25) is 5.32 Å². The summed E-state index contributed by atoms with van der Waals surface area (Å²) in [6.45, 7) is 3.72. The van der Waals surface area contributed by atoms with Crippen LogP contribution in [0, 0.1) is 5.92 Å². The largest absolute Gasteiger partial charge is 1.00 e. The first-order chi connectivity index (χ1) is 11.6. The maximum atomic E-state index is 12.3. The summed E-state index contributed by atoms with van der Waals surface area (Å²) in [6.07, 6.45) is 5.01. The van der Waals surface area contributed by atoms with E-state index in [-0.39, 0.29) is 24.6 Å². The molecule has 0 saturated heterocycles. The van der Waals surface area contributed by atoms with Crippen molar-refractivity contribution in [2.24, 2.45) is 5.92 Å². The van der Waals surface area contributed by atoms with Crippen molar-refractivity contribution in [2.45, 2.75) is 45.1 Å². The minimum atomic E-state index is -0.381. The van der Waals surface area contributed by atoms with E-state index in [4.69, 9.17) is 9.47 Å². The molecule has 0 heterocycles. The molecule has 142 valence electrons. The minimum absolute atomic E-state index is 0. The monoisotopic (exact) mass is 370 g/mol. The number of anilines is 1. The summed E-state index contributed by atoms with van der Waals surface area (Å²) in [5.41, 5.74) is 0.668. The van der Waals surface area contributed by atoms with Gasteiger partial charge in [0.05, 0.1) is 32.9 Å². The molecule has 0 aromatic heterocycles. The zero-order chi connectivity index (χ0) is 17.4. The number of benzene rings is 1. The molecule has 5 nitrogen and oxygen atoms in total. The van der Waals surface area contributed by atoms with Gasteiger partial charge in [0, 0.05) is 5.92 Å². The highest BCUT2D eigenvalue weighted by Crippen LogP contribution is 2.28. The normalized spacial score (nSPS) is 19.8. The lowest BCUT2D eigenvalue weighted by Gasteiger charge is -2.31. The van der Waals surface area contributed by atoms with Gasteiger partial charge < -0.3 is 26.8 Å². The molecule has 0 bridgehead atoms. The molecular weight excluding hydrogens is 340 g/mol. The second-order valence-electron chi connectivity index (χ2n) is 6.87. The second kappa shape index (κ2) is 11.2. The molecule has 0 aliphatic heterocycles. The third-order valence-corrected chi connectivity index (χ3v) is 4.35. The van der Waals surface area contributed by atoms with E-state index in [2.05, 4.69) is 26.3 Å². The Hall–Kier alpha value is -1.46. The Morgan fingerprint density at radius 2 is 1.96 bits per heavy atom. The van der Waals surface area contributed by atoms with E-state index in [1.807, 2.05) is 24.3 Å². The van der Waals surface area contributed by atoms with Crippen LogP contribution < -0.4 is 27.4 Å². The fourth-order valence-electron chi connectivity index (χ4n) is 3.27. The number of ether oxygens (including phenoxy) is 2. The molecule has 0 radical (unpaired) electrons. The van der Waals surface area contributed by atoms with Gasteiger partial charge in [0.15, 0.2) is 0 Å². The Morgan fingerprint density at radius 3 is 2.68 bits per heavy atom. The van der Waals surface area contributed by atoms with Crippen molar-refractivity contribution in [2.75, 3.05) is 32.6 Å². The van der Waals surface area contributed by atoms with Gasteiger partial charge in [-0.2, -0.15) is 0 Å². The molecule has 2 N–H and O–H groups in total. The Labute approximate surface area is 157 Å². The molecular formula is C19H31ClN2O3. The summed E-state index contributed by atoms with van der Waals surface area (Å²) in [6, 6.07) is 7.49. The number of carbonyl (C=O) groups excluding carboxylic acids is 1. The van der Waals surface area contributed by atoms with E-state index in [1.54, 1.807) is 0 Å². The molecule has 0 spiro atoms. The summed E-state index contributed by atoms with van der Waals surface area (Å²) in [5, 5.41) is 2.85. The van der Waals surface area contributed by atoms with Crippen LogP contribution in [0.5, 0.6) is 5.75 Å². The fourth-order valence-corrected chi connectivity index (χ4v) is 3.27. The first-order valence-corrected chi connectivity index (χ1v) is 9.08. The average molecular weight is 371 g/mol. The predicted molar refractivity (Wildman–Crippen MR) is 95.8 cm³/mol. The standard InChI is InChI=1S/C19H30N2O3.ClH/c1-4-13-23-18-12-8-6-10-16(18)20-19(22)24-17-11-7-5-9-15(17)14-21(2)3;/h6,8,10,12,15,17H,4-5,7,9,11,13-14H2,1-3H3,(H,20,22);1H/t15-,17+;/m0./s1. The highest BCUT2D eigenvalue weighted by Gasteiger charge is 2.30. The summed E-state index contributed by atoms with van der Waals surface area (Å²) >= 11 is 0. The van der Waals surface area contributed by atoms with Crippen molar-refractivity contribution >= 4 is 11.8 Å². The maximum absolute atomic E-state index is 12.3. The van der Waals surface area contributed by atoms with Gasteiger partial charge in [-0.1, -0.05) is 25.5 Å². The molecule has 2 rings (SSSR count). The maximum Gasteiger partial charge on any atom is 0.412 e. The van der Waals surface area contributed by atoms with Crippen LogP contribution in [0.4, 0.5) is 10.5 Å². The topological polar surface area (TPSA) is 52.0 Å². The van der Waals surface area contributed by atoms with Gasteiger partial charge >= 0.3 is 6.09 Å². The molecule has 1 aromatic carbocycles. The van der Waals surface area contributed by atoms with Crippen LogP contribution in [0.25, 0.3) is 0 Å². The number of amides is 1. The van der Waals surface area contributed by atoms with Gasteiger partial charge in [0.2, 0.25) is 0 Å². The van der Waals surface area contributed by atoms with Crippen LogP contribution in [-0.4, -0.2) is 39.4 Å². The van der Waals surface area contributed by atoms with Crippen LogP contribution in [-0.2, 0) is 4.74 Å². The van der Waals surface area contributed by atoms with E-state index < -0.39 is 0 Å². The lowest BCUT2D eigenvalue weighted by Crippen LogP contribution is -3.06. The van der Waals surface area contributed by atoms with Crippen LogP contribution in [0.2, 0.25) is 0 Å². The zero-order valence-corrected chi connectivity index (χ0v) is 16.3. The third-order valence-electron chi connectivity index (χ3n) is 4.35. The van der Waals surface area contributed by atoms with Gasteiger partial charge in [0.1, 0.15) is 11.9 Å². The quantitative estimate of drug-likeness (QED) is 0.695. The molecule has 25 heavy (non-hydrogen) atoms. The number of quaternary nitrogens is 1. The molecule has 1 amide bonds. The van der Waals surface area contributed by atoms with Crippen molar-refractivity contribution in [3.63, 3.8) is 0 Å². The lowest BCUT2D eigenvalue weighted by atomic mass is 9.86. The minimum Gasteiger partial charge on any atom is -1.00 e. The summed E-state index contributed by atoms with van der Waals surface area (Å²) in [5.74, 6) is 1.13. The Bertz CT molecular complexity index is 525. The van der Waals surface area contributed by atoms with E-state index >= 15 is 0 Å². The van der Waals surface area contributed by atoms with Gasteiger partial charge in [0.25, 0.3) is 0 Å². The highest BCUT2D eigenvalue weighted by molar-refractivity contribution is 5.86. The summed E-state index contributed by atoms with van der Waals surface area (Å²) in [4.78, 5) is 13.7. The number of halogens is 1. The molecule has 1 aliphatic rings. The first kappa shape index (κ1) is 21.6. The Balaban J connectivity index is 0.00000312. The first-order valence-electron chi connectivity index (χ1n) is 9.08. The smallest absolute Gasteiger partial charge is 0.412 e. The fraction of sp³-hybridized carbons (Fsp3) is 0.632. The number of hydrogen-bond donors (Lipinski definition) is 2. The Morgan fingerprint density at radius 1 is 1.24 bits per heavy atom. The third kappa shape index (κ3) is 7.12. The van der Waals surface area contributed by atoms with Crippen LogP contribution in [0.3, 0.4) is 0 Å². The number of hydrogen-bond acceptors (Lipinski definition) is 3. The molecule has 6 heteroatoms. The summed E-state index contributed by atoms with van der Waals surface area (Å²) in [7, 11) is 4.29. The molecule has 2 atom stereocenters. The van der Waals surface area contributed by atoms with Crippen LogP contribution in [0.1, 0.15) is 39.0 Å². The predicted octanol–water partition coefficient (Wildman–Crippen LogP) is -0.269. The van der Waals surface area contributed by atoms with Crippen molar-refractivity contribution < 1.29 is 31.6 Å². The van der Waals surface area contributed by atoms with E-state index in [0.29, 0.717) is 24.0 Å². The van der Waals surface area contributed by atoms with Crippen molar-refractivity contribution in [1.29, 1.82) is 0 Å². The van der Waals surface area contributed by atoms with E-state index in [9.17, 15) is 4.79 Å². The van der Waals surface area contributed by atoms with E-state index in [1.165, 1.54) is 11.3 Å². The summed E-state index contributed by atoms with van der Waals surface area (Å²) < 4.78 is 11.4. The molecule has 1 saturated carbocycles. The van der Waals surface area contributed by atoms with Crippen molar-refractivity contribution in [1.82, 2.24) is 0 Å². The van der Waals surface area contributed by atoms with Crippen LogP contribution >= 0.6 is 0 Å². The van der Waals surface area contributed by atoms with Crippen LogP contribution in [0.15, 0.2) is 24.3 Å². The Kier molecular flexibility index (Phi) is 9.68. The zero-order valence-electron chi connectivity index (χ0n) is 15.5. The second-order valence-corrected chi connectivity index (χ2v) is 6.87. The number of para-hydroxylation sites is 2. The van der Waals surface area contributed by atoms with Gasteiger partial charge in [-0.15, -0.1) is 0 Å². The van der Waals surface area contributed by atoms with Crippen molar-refractivity contribution in [3.8, 4) is 5.75 Å². The number of rotatable bonds is 7.